The van der Waals surface area contributed by atoms with Crippen LogP contribution in [0.1, 0.15) is 13.8 Å². The number of hydrogen-bond acceptors (Lipinski definition) is 8. The monoisotopic (exact) mass is 494 g/mol. The number of furan rings is 1. The number of hydrogen-bond donors (Lipinski definition) is 3. The molecule has 2 aromatic heterocycles. The molecule has 0 aliphatic carbocycles. The Morgan fingerprint density at radius 3 is 2.75 bits per heavy atom. The second-order valence-electron chi connectivity index (χ2n) is 8.85. The van der Waals surface area contributed by atoms with Gasteiger partial charge in [0, 0.05) is 41.8 Å². The molecule has 0 saturated heterocycles. The Balaban J connectivity index is 1.43. The highest BCUT2D eigenvalue weighted by Gasteiger charge is 2.25. The third-order valence-corrected chi connectivity index (χ3v) is 6.00. The molecule has 8 nitrogen and oxygen atoms in total. The second kappa shape index (κ2) is 9.98. The van der Waals surface area contributed by atoms with Crippen molar-refractivity contribution in [2.45, 2.75) is 19.9 Å². The van der Waals surface area contributed by atoms with Crippen LogP contribution in [0, 0.1) is 11.6 Å². The fourth-order valence-electron chi connectivity index (χ4n) is 4.25. The number of likely N-dealkylation sites (N-methyl/N-ethyl adjacent to an activating group) is 1. The van der Waals surface area contributed by atoms with Crippen molar-refractivity contribution in [3.8, 4) is 17.0 Å². The summed E-state index contributed by atoms with van der Waals surface area (Å²) in [5.74, 6) is -0.150. The Morgan fingerprint density at radius 2 is 1.94 bits per heavy atom. The zero-order valence-corrected chi connectivity index (χ0v) is 20.4. The van der Waals surface area contributed by atoms with Crippen molar-refractivity contribution in [3.05, 3.63) is 54.2 Å². The molecule has 0 saturated carbocycles. The maximum atomic E-state index is 14.9. The van der Waals surface area contributed by atoms with Crippen molar-refractivity contribution in [1.82, 2.24) is 15.3 Å². The summed E-state index contributed by atoms with van der Waals surface area (Å²) in [5, 5.41) is 10.3. The van der Waals surface area contributed by atoms with Crippen LogP contribution in [0.5, 0.6) is 5.75 Å². The summed E-state index contributed by atoms with van der Waals surface area (Å²) in [6.07, 6.45) is 1.08. The Labute approximate surface area is 207 Å². The van der Waals surface area contributed by atoms with Crippen molar-refractivity contribution in [2.24, 2.45) is 0 Å². The van der Waals surface area contributed by atoms with E-state index in [2.05, 4.69) is 25.9 Å². The van der Waals surface area contributed by atoms with Gasteiger partial charge in [0.05, 0.1) is 18.4 Å². The van der Waals surface area contributed by atoms with E-state index in [1.54, 1.807) is 6.07 Å². The van der Waals surface area contributed by atoms with Crippen LogP contribution in [-0.4, -0.2) is 49.3 Å². The third-order valence-electron chi connectivity index (χ3n) is 6.00. The lowest BCUT2D eigenvalue weighted by atomic mass is 10.1. The zero-order chi connectivity index (χ0) is 25.2. The highest BCUT2D eigenvalue weighted by atomic mass is 19.1. The van der Waals surface area contributed by atoms with Gasteiger partial charge in [0.15, 0.2) is 23.3 Å². The molecule has 0 amide bonds. The summed E-state index contributed by atoms with van der Waals surface area (Å²) < 4.78 is 41.1. The summed E-state index contributed by atoms with van der Waals surface area (Å²) >= 11 is 0. The van der Waals surface area contributed by atoms with Crippen LogP contribution < -0.4 is 25.6 Å². The standard InChI is InChI=1S/C26H28F2N6O2/c1-15(2)34-8-9-35-25-19(27)11-17(12-21(25)34)24-20(28)14-31-26(33-24)32-18-4-5-22-16(10-18)13-23(36-22)30-7-6-29-3/h4-5,10-15,29-30H,6-9H2,1-3H3,(H,31,32,33). The van der Waals surface area contributed by atoms with Gasteiger partial charge in [-0.2, -0.15) is 0 Å². The normalized spacial score (nSPS) is 13.1. The van der Waals surface area contributed by atoms with Crippen LogP contribution in [-0.2, 0) is 0 Å². The molecule has 1 aliphatic heterocycles. The molecule has 0 fully saturated rings. The lowest BCUT2D eigenvalue weighted by Gasteiger charge is -2.34. The molecule has 0 spiro atoms. The number of ether oxygens (including phenoxy) is 1. The number of aromatic nitrogens is 2. The summed E-state index contributed by atoms with van der Waals surface area (Å²) in [6.45, 7) is 6.60. The van der Waals surface area contributed by atoms with Gasteiger partial charge >= 0.3 is 0 Å². The van der Waals surface area contributed by atoms with Gasteiger partial charge in [0.25, 0.3) is 0 Å². The lowest BCUT2D eigenvalue weighted by molar-refractivity contribution is 0.287. The van der Waals surface area contributed by atoms with Crippen molar-refractivity contribution in [3.63, 3.8) is 0 Å². The SMILES string of the molecule is CNCCNc1cc2cc(Nc3ncc(F)c(-c4cc(F)c5c(c4)N(C(C)C)CCO5)n3)ccc2o1. The first-order chi connectivity index (χ1) is 17.4. The van der Waals surface area contributed by atoms with E-state index in [1.165, 1.54) is 6.07 Å². The maximum absolute atomic E-state index is 14.9. The molecule has 1 aliphatic rings. The minimum atomic E-state index is -0.643. The van der Waals surface area contributed by atoms with Crippen molar-refractivity contribution < 1.29 is 17.9 Å². The number of nitrogens with one attached hydrogen (secondary N) is 3. The molecule has 3 heterocycles. The van der Waals surface area contributed by atoms with Crippen LogP contribution in [0.2, 0.25) is 0 Å². The van der Waals surface area contributed by atoms with Gasteiger partial charge in [-0.25, -0.2) is 18.7 Å². The number of nitrogens with zero attached hydrogens (tertiary/aromatic N) is 3. The molecule has 0 radical (unpaired) electrons. The largest absolute Gasteiger partial charge is 0.486 e. The van der Waals surface area contributed by atoms with E-state index < -0.39 is 11.6 Å². The number of benzene rings is 2. The predicted molar refractivity (Wildman–Crippen MR) is 137 cm³/mol. The third kappa shape index (κ3) is 4.76. The molecule has 36 heavy (non-hydrogen) atoms. The first kappa shape index (κ1) is 23.8. The summed E-state index contributed by atoms with van der Waals surface area (Å²) in [4.78, 5) is 10.5. The second-order valence-corrected chi connectivity index (χ2v) is 8.85. The van der Waals surface area contributed by atoms with Gasteiger partial charge in [-0.15, -0.1) is 0 Å². The van der Waals surface area contributed by atoms with E-state index >= 15 is 0 Å². The molecule has 10 heteroatoms. The minimum absolute atomic E-state index is 0.00360. The van der Waals surface area contributed by atoms with Gasteiger partial charge in [0.1, 0.15) is 17.9 Å². The smallest absolute Gasteiger partial charge is 0.227 e. The van der Waals surface area contributed by atoms with Crippen LogP contribution in [0.3, 0.4) is 0 Å². The Morgan fingerprint density at radius 1 is 1.08 bits per heavy atom. The van der Waals surface area contributed by atoms with Crippen LogP contribution in [0.15, 0.2) is 47.0 Å². The number of halogens is 2. The van der Waals surface area contributed by atoms with E-state index in [9.17, 15) is 8.78 Å². The summed E-state index contributed by atoms with van der Waals surface area (Å²) in [6, 6.07) is 10.6. The molecular weight excluding hydrogens is 466 g/mol. The maximum Gasteiger partial charge on any atom is 0.227 e. The first-order valence-corrected chi connectivity index (χ1v) is 11.9. The van der Waals surface area contributed by atoms with Crippen molar-refractivity contribution in [1.29, 1.82) is 0 Å². The van der Waals surface area contributed by atoms with E-state index in [0.717, 1.165) is 30.3 Å². The van der Waals surface area contributed by atoms with Crippen LogP contribution in [0.4, 0.5) is 32.0 Å². The van der Waals surface area contributed by atoms with E-state index in [4.69, 9.17) is 9.15 Å². The molecule has 0 bridgehead atoms. The van der Waals surface area contributed by atoms with Crippen LogP contribution >= 0.6 is 0 Å². The zero-order valence-electron chi connectivity index (χ0n) is 20.4. The van der Waals surface area contributed by atoms with Gasteiger partial charge in [-0.1, -0.05) is 0 Å². The van der Waals surface area contributed by atoms with E-state index in [1.807, 2.05) is 50.1 Å². The highest BCUT2D eigenvalue weighted by molar-refractivity contribution is 5.85. The van der Waals surface area contributed by atoms with Gasteiger partial charge < -0.3 is 30.0 Å². The van der Waals surface area contributed by atoms with Gasteiger partial charge in [0.2, 0.25) is 5.95 Å². The van der Waals surface area contributed by atoms with E-state index in [-0.39, 0.29) is 23.4 Å². The van der Waals surface area contributed by atoms with Crippen LogP contribution in [0.25, 0.3) is 22.2 Å². The highest BCUT2D eigenvalue weighted by Crippen LogP contribution is 2.39. The number of anilines is 4. The average Bonchev–Trinajstić information content (AvgIpc) is 3.27. The fourth-order valence-corrected chi connectivity index (χ4v) is 4.25. The van der Waals surface area contributed by atoms with Gasteiger partial charge in [-0.3, -0.25) is 0 Å². The molecule has 188 valence electrons. The molecule has 0 atom stereocenters. The summed E-state index contributed by atoms with van der Waals surface area (Å²) in [7, 11) is 1.89. The molecule has 4 aromatic rings. The molecule has 2 aromatic carbocycles. The topological polar surface area (TPSA) is 87.5 Å². The van der Waals surface area contributed by atoms with Gasteiger partial charge in [-0.05, 0) is 51.2 Å². The quantitative estimate of drug-likeness (QED) is 0.290. The lowest BCUT2D eigenvalue weighted by Crippen LogP contribution is -2.38. The first-order valence-electron chi connectivity index (χ1n) is 11.9. The molecule has 5 rings (SSSR count). The number of fused-ring (bicyclic) bond motifs is 2. The van der Waals surface area contributed by atoms with E-state index in [0.29, 0.717) is 36.0 Å². The van der Waals surface area contributed by atoms with Crippen molar-refractivity contribution >= 4 is 34.2 Å². The Kier molecular flexibility index (Phi) is 6.60. The molecule has 0 unspecified atom stereocenters. The molecular formula is C26H28F2N6O2. The Bertz CT molecular complexity index is 1390. The Hall–Kier alpha value is -3.92. The molecule has 3 N–H and O–H groups in total. The average molecular weight is 495 g/mol. The minimum Gasteiger partial charge on any atom is -0.486 e. The van der Waals surface area contributed by atoms with Crippen molar-refractivity contribution in [2.75, 3.05) is 48.8 Å². The summed E-state index contributed by atoms with van der Waals surface area (Å²) in [5.41, 5.74) is 2.34. The fraction of sp³-hybridized carbons (Fsp3) is 0.308. The number of rotatable bonds is 8. The predicted octanol–water partition coefficient (Wildman–Crippen LogP) is 5.15.